The Kier molecular flexibility index (Phi) is 2.23. The van der Waals surface area contributed by atoms with Gasteiger partial charge in [0.15, 0.2) is 0 Å². The van der Waals surface area contributed by atoms with E-state index >= 15 is 0 Å². The Morgan fingerprint density at radius 3 is 3.07 bits per heavy atom. The van der Waals surface area contributed by atoms with Crippen molar-refractivity contribution in [1.82, 2.24) is 0 Å². The lowest BCUT2D eigenvalue weighted by Crippen LogP contribution is -2.21. The lowest BCUT2D eigenvalue weighted by atomic mass is 10.0. The normalized spacial score (nSPS) is 19.6. The number of halogens is 1. The number of likely N-dealkylation sites (N-methyl/N-ethyl adjacent to an activating group) is 1. The summed E-state index contributed by atoms with van der Waals surface area (Å²) in [6.45, 7) is 3.42. The molecule has 1 atom stereocenters. The van der Waals surface area contributed by atoms with Crippen LogP contribution in [-0.2, 0) is 4.79 Å². The van der Waals surface area contributed by atoms with Crippen LogP contribution in [0.1, 0.15) is 18.4 Å². The summed E-state index contributed by atoms with van der Waals surface area (Å²) >= 11 is 0. The van der Waals surface area contributed by atoms with Crippen LogP contribution in [0.15, 0.2) is 18.2 Å². The van der Waals surface area contributed by atoms with Gasteiger partial charge in [-0.2, -0.15) is 0 Å². The SMILES string of the molecule is CCN1CC(C=O)c2c(F)cccc21. The summed E-state index contributed by atoms with van der Waals surface area (Å²) in [5.41, 5.74) is 1.42. The van der Waals surface area contributed by atoms with E-state index in [0.29, 0.717) is 12.1 Å². The van der Waals surface area contributed by atoms with Crippen molar-refractivity contribution in [3.63, 3.8) is 0 Å². The van der Waals surface area contributed by atoms with Gasteiger partial charge in [-0.05, 0) is 19.1 Å². The van der Waals surface area contributed by atoms with Crippen molar-refractivity contribution in [2.24, 2.45) is 0 Å². The van der Waals surface area contributed by atoms with Crippen LogP contribution >= 0.6 is 0 Å². The number of hydrogen-bond acceptors (Lipinski definition) is 2. The topological polar surface area (TPSA) is 20.3 Å². The van der Waals surface area contributed by atoms with Crippen LogP contribution in [-0.4, -0.2) is 19.4 Å². The maximum absolute atomic E-state index is 13.5. The van der Waals surface area contributed by atoms with E-state index in [0.717, 1.165) is 18.5 Å². The Balaban J connectivity index is 2.52. The number of anilines is 1. The van der Waals surface area contributed by atoms with Gasteiger partial charge in [-0.25, -0.2) is 4.39 Å². The highest BCUT2D eigenvalue weighted by Gasteiger charge is 2.29. The zero-order valence-electron chi connectivity index (χ0n) is 8.03. The van der Waals surface area contributed by atoms with Crippen molar-refractivity contribution < 1.29 is 9.18 Å². The van der Waals surface area contributed by atoms with Crippen molar-refractivity contribution in [3.8, 4) is 0 Å². The number of benzene rings is 1. The van der Waals surface area contributed by atoms with Crippen molar-refractivity contribution in [2.45, 2.75) is 12.8 Å². The second-order valence-electron chi connectivity index (χ2n) is 3.45. The third kappa shape index (κ3) is 1.20. The average Bonchev–Trinajstić information content (AvgIpc) is 2.57. The summed E-state index contributed by atoms with van der Waals surface area (Å²) < 4.78 is 13.5. The number of rotatable bonds is 2. The molecule has 0 N–H and O–H groups in total. The molecule has 0 saturated carbocycles. The van der Waals surface area contributed by atoms with Gasteiger partial charge in [0.25, 0.3) is 0 Å². The maximum atomic E-state index is 13.5. The number of aldehydes is 1. The summed E-state index contributed by atoms with van der Waals surface area (Å²) in [5.74, 6) is -0.568. The van der Waals surface area contributed by atoms with Gasteiger partial charge in [-0.3, -0.25) is 0 Å². The first-order valence-corrected chi connectivity index (χ1v) is 4.76. The monoisotopic (exact) mass is 193 g/mol. The molecule has 0 aliphatic carbocycles. The molecular formula is C11H12FNO. The molecule has 1 unspecified atom stereocenters. The van der Waals surface area contributed by atoms with Crippen LogP contribution in [0, 0.1) is 5.82 Å². The Bertz CT molecular complexity index is 364. The molecule has 74 valence electrons. The summed E-state index contributed by atoms with van der Waals surface area (Å²) in [6.07, 6.45) is 0.831. The lowest BCUT2D eigenvalue weighted by Gasteiger charge is -2.16. The van der Waals surface area contributed by atoms with Crippen molar-refractivity contribution in [3.05, 3.63) is 29.6 Å². The number of carbonyl (C=O) groups is 1. The zero-order chi connectivity index (χ0) is 10.1. The molecule has 0 saturated heterocycles. The Labute approximate surface area is 82.3 Å². The molecular weight excluding hydrogens is 181 g/mol. The predicted molar refractivity (Wildman–Crippen MR) is 53.1 cm³/mol. The minimum absolute atomic E-state index is 0.268. The van der Waals surface area contributed by atoms with Gasteiger partial charge in [0.2, 0.25) is 0 Å². The minimum Gasteiger partial charge on any atom is -0.370 e. The van der Waals surface area contributed by atoms with Gasteiger partial charge in [0.1, 0.15) is 12.1 Å². The fourth-order valence-electron chi connectivity index (χ4n) is 2.01. The summed E-state index contributed by atoms with van der Waals surface area (Å²) in [5, 5.41) is 0. The van der Waals surface area contributed by atoms with Crippen molar-refractivity contribution in [2.75, 3.05) is 18.0 Å². The number of nitrogens with zero attached hydrogens (tertiary/aromatic N) is 1. The predicted octanol–water partition coefficient (Wildman–Crippen LogP) is 1.95. The molecule has 2 rings (SSSR count). The van der Waals surface area contributed by atoms with E-state index in [1.165, 1.54) is 6.07 Å². The van der Waals surface area contributed by atoms with Crippen LogP contribution in [0.3, 0.4) is 0 Å². The van der Waals surface area contributed by atoms with Crippen molar-refractivity contribution in [1.29, 1.82) is 0 Å². The molecule has 1 heterocycles. The van der Waals surface area contributed by atoms with Gasteiger partial charge < -0.3 is 9.69 Å². The first-order valence-electron chi connectivity index (χ1n) is 4.76. The smallest absolute Gasteiger partial charge is 0.129 e. The Morgan fingerprint density at radius 1 is 1.64 bits per heavy atom. The van der Waals surface area contributed by atoms with Gasteiger partial charge >= 0.3 is 0 Å². The second kappa shape index (κ2) is 3.40. The fourth-order valence-corrected chi connectivity index (χ4v) is 2.01. The largest absolute Gasteiger partial charge is 0.370 e. The number of hydrogen-bond donors (Lipinski definition) is 0. The zero-order valence-corrected chi connectivity index (χ0v) is 8.03. The Hall–Kier alpha value is -1.38. The van der Waals surface area contributed by atoms with E-state index in [1.54, 1.807) is 6.07 Å². The van der Waals surface area contributed by atoms with E-state index in [1.807, 2.05) is 17.9 Å². The quantitative estimate of drug-likeness (QED) is 0.669. The highest BCUT2D eigenvalue weighted by Crippen LogP contribution is 2.36. The number of fused-ring (bicyclic) bond motifs is 1. The van der Waals surface area contributed by atoms with Gasteiger partial charge in [0.05, 0.1) is 5.92 Å². The summed E-state index contributed by atoms with van der Waals surface area (Å²) in [7, 11) is 0. The average molecular weight is 193 g/mol. The molecule has 1 aromatic carbocycles. The standard InChI is InChI=1S/C11H12FNO/c1-2-13-6-8(7-14)11-9(12)4-3-5-10(11)13/h3-5,7-8H,2,6H2,1H3. The molecule has 3 heteroatoms. The molecule has 14 heavy (non-hydrogen) atoms. The summed E-state index contributed by atoms with van der Waals surface area (Å²) in [6, 6.07) is 4.96. The first kappa shape index (κ1) is 9.19. The molecule has 0 spiro atoms. The third-order valence-electron chi connectivity index (χ3n) is 2.70. The van der Waals surface area contributed by atoms with E-state index in [2.05, 4.69) is 0 Å². The van der Waals surface area contributed by atoms with E-state index < -0.39 is 0 Å². The van der Waals surface area contributed by atoms with E-state index in [9.17, 15) is 9.18 Å². The van der Waals surface area contributed by atoms with Crippen molar-refractivity contribution >= 4 is 12.0 Å². The molecule has 1 aliphatic heterocycles. The molecule has 0 bridgehead atoms. The van der Waals surface area contributed by atoms with E-state index in [4.69, 9.17) is 0 Å². The first-order chi connectivity index (χ1) is 6.77. The van der Waals surface area contributed by atoms with Gasteiger partial charge in [0, 0.05) is 24.3 Å². The maximum Gasteiger partial charge on any atom is 0.129 e. The minimum atomic E-state index is -0.300. The lowest BCUT2D eigenvalue weighted by molar-refractivity contribution is -0.108. The number of carbonyl (C=O) groups excluding carboxylic acids is 1. The molecule has 0 aromatic heterocycles. The highest BCUT2D eigenvalue weighted by atomic mass is 19.1. The van der Waals surface area contributed by atoms with Gasteiger partial charge in [-0.1, -0.05) is 6.07 Å². The summed E-state index contributed by atoms with van der Waals surface area (Å²) in [4.78, 5) is 12.8. The molecule has 2 nitrogen and oxygen atoms in total. The molecule has 1 aromatic rings. The third-order valence-corrected chi connectivity index (χ3v) is 2.70. The van der Waals surface area contributed by atoms with E-state index in [-0.39, 0.29) is 11.7 Å². The van der Waals surface area contributed by atoms with Crippen LogP contribution in [0.5, 0.6) is 0 Å². The molecule has 1 aliphatic rings. The molecule has 0 amide bonds. The fraction of sp³-hybridized carbons (Fsp3) is 0.364. The van der Waals surface area contributed by atoms with Crippen LogP contribution in [0.4, 0.5) is 10.1 Å². The van der Waals surface area contributed by atoms with Crippen LogP contribution in [0.25, 0.3) is 0 Å². The van der Waals surface area contributed by atoms with Crippen LogP contribution in [0.2, 0.25) is 0 Å². The second-order valence-corrected chi connectivity index (χ2v) is 3.45. The van der Waals surface area contributed by atoms with Gasteiger partial charge in [-0.15, -0.1) is 0 Å². The van der Waals surface area contributed by atoms with Crippen LogP contribution < -0.4 is 4.90 Å². The highest BCUT2D eigenvalue weighted by molar-refractivity contribution is 5.74. The Morgan fingerprint density at radius 2 is 2.43 bits per heavy atom. The molecule has 0 radical (unpaired) electrons. The molecule has 0 fully saturated rings.